The zero-order chi connectivity index (χ0) is 13.1. The average Bonchev–Trinajstić information content (AvgIpc) is 2.34. The van der Waals surface area contributed by atoms with E-state index < -0.39 is 0 Å². The van der Waals surface area contributed by atoms with Crippen LogP contribution in [0.1, 0.15) is 46.0 Å². The lowest BCUT2D eigenvalue weighted by atomic mass is 10.1. The van der Waals surface area contributed by atoms with Gasteiger partial charge >= 0.3 is 0 Å². The Morgan fingerprint density at radius 1 is 1.29 bits per heavy atom. The summed E-state index contributed by atoms with van der Waals surface area (Å²) in [4.78, 5) is 14.1. The number of amides is 1. The molecule has 0 N–H and O–H groups in total. The van der Waals surface area contributed by atoms with E-state index >= 15 is 0 Å². The van der Waals surface area contributed by atoms with Gasteiger partial charge in [0, 0.05) is 32.0 Å². The molecule has 0 aliphatic carbocycles. The fourth-order valence-corrected chi connectivity index (χ4v) is 2.13. The summed E-state index contributed by atoms with van der Waals surface area (Å²) in [5, 5.41) is 0. The van der Waals surface area contributed by atoms with Gasteiger partial charge in [-0.05, 0) is 25.7 Å². The van der Waals surface area contributed by atoms with Crippen LogP contribution in [-0.4, -0.2) is 43.0 Å². The van der Waals surface area contributed by atoms with Crippen LogP contribution in [0.15, 0.2) is 0 Å². The topological polar surface area (TPSA) is 29.5 Å². The normalized spacial score (nSPS) is 10.9. The highest BCUT2D eigenvalue weighted by Gasteiger charge is 2.19. The molecule has 0 spiro atoms. The first kappa shape index (κ1) is 16.7. The molecular formula is C13H26ClNO2. The van der Waals surface area contributed by atoms with Gasteiger partial charge in [-0.1, -0.05) is 13.8 Å². The summed E-state index contributed by atoms with van der Waals surface area (Å²) in [6, 6.07) is 0.341. The number of methoxy groups -OCH3 is 1. The van der Waals surface area contributed by atoms with E-state index in [1.54, 1.807) is 7.11 Å². The molecule has 0 heterocycles. The van der Waals surface area contributed by atoms with E-state index in [0.717, 1.165) is 25.7 Å². The molecule has 0 aliphatic heterocycles. The van der Waals surface area contributed by atoms with Crippen molar-refractivity contribution in [2.45, 2.75) is 52.0 Å². The van der Waals surface area contributed by atoms with Crippen molar-refractivity contribution in [2.24, 2.45) is 0 Å². The SMILES string of the molecule is CCC(CC)N(CCOC)C(=O)CCCCCl. The number of carbonyl (C=O) groups excluding carboxylic acids is 1. The number of rotatable bonds is 10. The van der Waals surface area contributed by atoms with Crippen LogP contribution >= 0.6 is 11.6 Å². The van der Waals surface area contributed by atoms with Gasteiger partial charge in [0.25, 0.3) is 0 Å². The summed E-state index contributed by atoms with van der Waals surface area (Å²) >= 11 is 5.62. The van der Waals surface area contributed by atoms with Gasteiger partial charge in [-0.25, -0.2) is 0 Å². The number of halogens is 1. The highest BCUT2D eigenvalue weighted by molar-refractivity contribution is 6.17. The van der Waals surface area contributed by atoms with E-state index in [1.807, 2.05) is 4.90 Å². The molecule has 0 aromatic carbocycles. The highest BCUT2D eigenvalue weighted by Crippen LogP contribution is 2.12. The van der Waals surface area contributed by atoms with Gasteiger partial charge in [-0.15, -0.1) is 11.6 Å². The number of carbonyl (C=O) groups is 1. The standard InChI is InChI=1S/C13H26ClNO2/c1-4-12(5-2)15(10-11-17-3)13(16)8-6-7-9-14/h12H,4-11H2,1-3H3. The van der Waals surface area contributed by atoms with E-state index in [-0.39, 0.29) is 5.91 Å². The molecular weight excluding hydrogens is 238 g/mol. The minimum Gasteiger partial charge on any atom is -0.383 e. The van der Waals surface area contributed by atoms with Crippen molar-refractivity contribution < 1.29 is 9.53 Å². The number of hydrogen-bond donors (Lipinski definition) is 0. The molecule has 4 heteroatoms. The van der Waals surface area contributed by atoms with Gasteiger partial charge in [0.1, 0.15) is 0 Å². The molecule has 0 atom stereocenters. The van der Waals surface area contributed by atoms with E-state index in [2.05, 4.69) is 13.8 Å². The third-order valence-electron chi connectivity index (χ3n) is 3.01. The van der Waals surface area contributed by atoms with E-state index in [9.17, 15) is 4.79 Å². The zero-order valence-corrected chi connectivity index (χ0v) is 12.1. The van der Waals surface area contributed by atoms with Crippen LogP contribution < -0.4 is 0 Å². The average molecular weight is 264 g/mol. The maximum atomic E-state index is 12.1. The first-order chi connectivity index (χ1) is 8.21. The van der Waals surface area contributed by atoms with Gasteiger partial charge in [0.05, 0.1) is 6.61 Å². The minimum absolute atomic E-state index is 0.237. The third kappa shape index (κ3) is 6.89. The Hall–Kier alpha value is -0.280. The van der Waals surface area contributed by atoms with Crippen molar-refractivity contribution in [3.8, 4) is 0 Å². The van der Waals surface area contributed by atoms with Crippen molar-refractivity contribution in [3.63, 3.8) is 0 Å². The summed E-state index contributed by atoms with van der Waals surface area (Å²) in [5.41, 5.74) is 0. The summed E-state index contributed by atoms with van der Waals surface area (Å²) in [6.07, 6.45) is 4.40. The van der Waals surface area contributed by atoms with Crippen molar-refractivity contribution >= 4 is 17.5 Å². The number of alkyl halides is 1. The van der Waals surface area contributed by atoms with Crippen LogP contribution in [0, 0.1) is 0 Å². The van der Waals surface area contributed by atoms with Crippen LogP contribution in [0.4, 0.5) is 0 Å². The summed E-state index contributed by atoms with van der Waals surface area (Å²) in [7, 11) is 1.67. The van der Waals surface area contributed by atoms with Crippen LogP contribution in [0.5, 0.6) is 0 Å². The Bertz CT molecular complexity index is 196. The quantitative estimate of drug-likeness (QED) is 0.448. The van der Waals surface area contributed by atoms with Crippen LogP contribution in [-0.2, 0) is 9.53 Å². The molecule has 0 unspecified atom stereocenters. The first-order valence-electron chi connectivity index (χ1n) is 6.55. The molecule has 0 fully saturated rings. The monoisotopic (exact) mass is 263 g/mol. The lowest BCUT2D eigenvalue weighted by Gasteiger charge is -2.30. The number of unbranched alkanes of at least 4 members (excludes halogenated alkanes) is 1. The van der Waals surface area contributed by atoms with Gasteiger partial charge < -0.3 is 9.64 Å². The number of ether oxygens (including phenoxy) is 1. The van der Waals surface area contributed by atoms with E-state index in [4.69, 9.17) is 16.3 Å². The van der Waals surface area contributed by atoms with Crippen LogP contribution in [0.25, 0.3) is 0 Å². The predicted molar refractivity (Wildman–Crippen MR) is 72.5 cm³/mol. The van der Waals surface area contributed by atoms with Gasteiger partial charge in [0.15, 0.2) is 0 Å². The maximum Gasteiger partial charge on any atom is 0.222 e. The second-order valence-corrected chi connectivity index (χ2v) is 4.57. The van der Waals surface area contributed by atoms with Gasteiger partial charge in [-0.2, -0.15) is 0 Å². The van der Waals surface area contributed by atoms with Gasteiger partial charge in [-0.3, -0.25) is 4.79 Å². The lowest BCUT2D eigenvalue weighted by molar-refractivity contribution is -0.134. The van der Waals surface area contributed by atoms with Crippen LogP contribution in [0.2, 0.25) is 0 Å². The molecule has 0 saturated carbocycles. The Labute approximate surface area is 110 Å². The molecule has 0 saturated heterocycles. The molecule has 0 bridgehead atoms. The Morgan fingerprint density at radius 3 is 2.41 bits per heavy atom. The molecule has 0 aromatic heterocycles. The summed E-state index contributed by atoms with van der Waals surface area (Å²) in [6.45, 7) is 5.56. The molecule has 3 nitrogen and oxygen atoms in total. The van der Waals surface area contributed by atoms with Crippen molar-refractivity contribution in [3.05, 3.63) is 0 Å². The van der Waals surface area contributed by atoms with Gasteiger partial charge in [0.2, 0.25) is 5.91 Å². The zero-order valence-electron chi connectivity index (χ0n) is 11.4. The Kier molecular flexibility index (Phi) is 10.7. The molecule has 0 radical (unpaired) electrons. The molecule has 102 valence electrons. The van der Waals surface area contributed by atoms with Crippen LogP contribution in [0.3, 0.4) is 0 Å². The summed E-state index contributed by atoms with van der Waals surface area (Å²) in [5.74, 6) is 0.872. The third-order valence-corrected chi connectivity index (χ3v) is 3.28. The Morgan fingerprint density at radius 2 is 1.94 bits per heavy atom. The first-order valence-corrected chi connectivity index (χ1v) is 7.09. The second kappa shape index (κ2) is 10.8. The van der Waals surface area contributed by atoms with E-state index in [0.29, 0.717) is 31.5 Å². The second-order valence-electron chi connectivity index (χ2n) is 4.20. The van der Waals surface area contributed by atoms with E-state index in [1.165, 1.54) is 0 Å². The largest absolute Gasteiger partial charge is 0.383 e. The molecule has 0 rings (SSSR count). The van der Waals surface area contributed by atoms with Crippen molar-refractivity contribution in [1.29, 1.82) is 0 Å². The lowest BCUT2D eigenvalue weighted by Crippen LogP contribution is -2.41. The smallest absolute Gasteiger partial charge is 0.222 e. The van der Waals surface area contributed by atoms with Crippen molar-refractivity contribution in [2.75, 3.05) is 26.1 Å². The molecule has 0 aromatic rings. The fraction of sp³-hybridized carbons (Fsp3) is 0.923. The highest BCUT2D eigenvalue weighted by atomic mass is 35.5. The molecule has 17 heavy (non-hydrogen) atoms. The molecule has 0 aliphatic rings. The maximum absolute atomic E-state index is 12.1. The summed E-state index contributed by atoms with van der Waals surface area (Å²) < 4.78 is 5.07. The number of nitrogens with zero attached hydrogens (tertiary/aromatic N) is 1. The minimum atomic E-state index is 0.237. The van der Waals surface area contributed by atoms with Crippen molar-refractivity contribution in [1.82, 2.24) is 4.90 Å². The Balaban J connectivity index is 4.27. The predicted octanol–water partition coefficient (Wildman–Crippen LogP) is 3.06. The number of hydrogen-bond acceptors (Lipinski definition) is 2. The fourth-order valence-electron chi connectivity index (χ4n) is 1.94. The molecule has 1 amide bonds.